The number of aliphatic hydroxyl groups is 1. The van der Waals surface area contributed by atoms with Gasteiger partial charge in [-0.25, -0.2) is 0 Å². The lowest BCUT2D eigenvalue weighted by Crippen LogP contribution is -2.33. The van der Waals surface area contributed by atoms with Gasteiger partial charge in [0.2, 0.25) is 0 Å². The molecule has 1 N–H and O–H groups in total. The molecular weight excluding hydrogens is 130 g/mol. The van der Waals surface area contributed by atoms with Gasteiger partial charge in [0.25, 0.3) is 0 Å². The van der Waals surface area contributed by atoms with Crippen LogP contribution < -0.4 is 0 Å². The second kappa shape index (κ2) is 3.68. The van der Waals surface area contributed by atoms with Gasteiger partial charge >= 0.3 is 0 Å². The van der Waals surface area contributed by atoms with Crippen molar-refractivity contribution in [2.24, 2.45) is 0 Å². The van der Waals surface area contributed by atoms with E-state index in [1.54, 1.807) is 0 Å². The zero-order valence-electron chi connectivity index (χ0n) is 5.99. The first-order valence-corrected chi connectivity index (χ1v) is 3.67. The summed E-state index contributed by atoms with van der Waals surface area (Å²) < 4.78 is 0. The summed E-state index contributed by atoms with van der Waals surface area (Å²) in [5.74, 6) is 0. The predicted molar refractivity (Wildman–Crippen MR) is 37.7 cm³/mol. The lowest BCUT2D eigenvalue weighted by molar-refractivity contribution is -0.109. The zero-order valence-corrected chi connectivity index (χ0v) is 5.99. The molecule has 0 aliphatic carbocycles. The molecule has 0 aromatic carbocycles. The van der Waals surface area contributed by atoms with Crippen molar-refractivity contribution < 1.29 is 9.90 Å². The summed E-state index contributed by atoms with van der Waals surface area (Å²) in [5.41, 5.74) is 0. The fraction of sp³-hybridized carbons (Fsp3) is 0.857. The molecule has 3 nitrogen and oxygen atoms in total. The van der Waals surface area contributed by atoms with Crippen LogP contribution in [0.2, 0.25) is 0 Å². The summed E-state index contributed by atoms with van der Waals surface area (Å²) in [6.45, 7) is 1.63. The fourth-order valence-corrected chi connectivity index (χ4v) is 1.44. The van der Waals surface area contributed by atoms with Crippen LogP contribution in [0, 0.1) is 0 Å². The molecule has 3 heteroatoms. The van der Waals surface area contributed by atoms with Crippen LogP contribution in [0.5, 0.6) is 0 Å². The van der Waals surface area contributed by atoms with Crippen molar-refractivity contribution in [2.45, 2.75) is 18.9 Å². The Morgan fingerprint density at radius 1 is 1.70 bits per heavy atom. The minimum atomic E-state index is 0.188. The van der Waals surface area contributed by atoms with Gasteiger partial charge in [0, 0.05) is 6.04 Å². The van der Waals surface area contributed by atoms with Crippen molar-refractivity contribution >= 4 is 6.29 Å². The molecule has 1 aliphatic rings. The van der Waals surface area contributed by atoms with Gasteiger partial charge in [0.15, 0.2) is 0 Å². The molecule has 0 saturated carbocycles. The molecule has 10 heavy (non-hydrogen) atoms. The molecule has 1 heterocycles. The number of carbonyl (C=O) groups is 1. The maximum atomic E-state index is 10.1. The first-order chi connectivity index (χ1) is 4.88. The first-order valence-electron chi connectivity index (χ1n) is 3.67. The summed E-state index contributed by atoms with van der Waals surface area (Å²) in [6, 6.07) is 0.241. The second-order valence-electron chi connectivity index (χ2n) is 2.64. The molecular formula is C7H13NO2. The molecule has 1 fully saturated rings. The van der Waals surface area contributed by atoms with Crippen molar-refractivity contribution in [1.82, 2.24) is 4.90 Å². The molecule has 0 aromatic heterocycles. The Hall–Kier alpha value is -0.410. The van der Waals surface area contributed by atoms with Crippen molar-refractivity contribution in [2.75, 3.05) is 19.7 Å². The van der Waals surface area contributed by atoms with Crippen LogP contribution in [-0.2, 0) is 4.79 Å². The van der Waals surface area contributed by atoms with Crippen LogP contribution >= 0.6 is 0 Å². The van der Waals surface area contributed by atoms with E-state index in [-0.39, 0.29) is 12.6 Å². The lowest BCUT2D eigenvalue weighted by atomic mass is 10.2. The Morgan fingerprint density at radius 2 is 2.50 bits per heavy atom. The number of hydrogen-bond donors (Lipinski definition) is 1. The Balaban J connectivity index is 2.34. The van der Waals surface area contributed by atoms with Crippen LogP contribution in [-0.4, -0.2) is 42.0 Å². The van der Waals surface area contributed by atoms with Crippen LogP contribution in [0.3, 0.4) is 0 Å². The number of carbonyl (C=O) groups excluding carboxylic acids is 1. The van der Waals surface area contributed by atoms with Crippen molar-refractivity contribution in [3.63, 3.8) is 0 Å². The standard InChI is InChI=1S/C7H13NO2/c9-5-4-8-3-1-2-7(8)6-10/h5,7,10H,1-4,6H2/t7-/m0/s1. The highest BCUT2D eigenvalue weighted by molar-refractivity contribution is 5.52. The third-order valence-electron chi connectivity index (χ3n) is 2.02. The highest BCUT2D eigenvalue weighted by atomic mass is 16.3. The molecule has 1 aliphatic heterocycles. The number of aliphatic hydroxyl groups excluding tert-OH is 1. The first kappa shape index (κ1) is 7.69. The smallest absolute Gasteiger partial charge is 0.133 e. The summed E-state index contributed by atoms with van der Waals surface area (Å²) in [4.78, 5) is 12.1. The van der Waals surface area contributed by atoms with E-state index in [4.69, 9.17) is 5.11 Å². The predicted octanol–water partition coefficient (Wildman–Crippen LogP) is -0.358. The number of rotatable bonds is 3. The normalized spacial score (nSPS) is 27.1. The van der Waals surface area contributed by atoms with Gasteiger partial charge in [-0.2, -0.15) is 0 Å². The van der Waals surface area contributed by atoms with E-state index in [1.807, 2.05) is 4.90 Å². The molecule has 0 radical (unpaired) electrons. The van der Waals surface area contributed by atoms with Gasteiger partial charge in [-0.15, -0.1) is 0 Å². The van der Waals surface area contributed by atoms with Crippen LogP contribution in [0.4, 0.5) is 0 Å². The molecule has 0 bridgehead atoms. The molecule has 1 atom stereocenters. The summed E-state index contributed by atoms with van der Waals surface area (Å²) in [5, 5.41) is 8.81. The van der Waals surface area contributed by atoms with Crippen molar-refractivity contribution in [3.05, 3.63) is 0 Å². The van der Waals surface area contributed by atoms with Crippen molar-refractivity contribution in [1.29, 1.82) is 0 Å². The molecule has 0 unspecified atom stereocenters. The van der Waals surface area contributed by atoms with Gasteiger partial charge in [0.05, 0.1) is 13.2 Å². The number of hydrogen-bond acceptors (Lipinski definition) is 3. The summed E-state index contributed by atoms with van der Waals surface area (Å²) in [6.07, 6.45) is 3.04. The van der Waals surface area contributed by atoms with Crippen molar-refractivity contribution in [3.8, 4) is 0 Å². The van der Waals surface area contributed by atoms with Crippen LogP contribution in [0.1, 0.15) is 12.8 Å². The van der Waals surface area contributed by atoms with E-state index in [9.17, 15) is 4.79 Å². The molecule has 0 amide bonds. The highest BCUT2D eigenvalue weighted by Crippen LogP contribution is 2.14. The molecule has 1 rings (SSSR count). The maximum Gasteiger partial charge on any atom is 0.133 e. The Labute approximate surface area is 60.6 Å². The van der Waals surface area contributed by atoms with E-state index in [1.165, 1.54) is 0 Å². The number of nitrogens with zero attached hydrogens (tertiary/aromatic N) is 1. The van der Waals surface area contributed by atoms with Gasteiger partial charge < -0.3 is 9.90 Å². The Morgan fingerprint density at radius 3 is 3.10 bits per heavy atom. The maximum absolute atomic E-state index is 10.1. The average molecular weight is 143 g/mol. The van der Waals surface area contributed by atoms with E-state index in [0.717, 1.165) is 25.7 Å². The van der Waals surface area contributed by atoms with Gasteiger partial charge in [-0.3, -0.25) is 4.90 Å². The van der Waals surface area contributed by atoms with Crippen LogP contribution in [0.25, 0.3) is 0 Å². The topological polar surface area (TPSA) is 40.5 Å². The molecule has 58 valence electrons. The largest absolute Gasteiger partial charge is 0.395 e. The van der Waals surface area contributed by atoms with Gasteiger partial charge in [-0.1, -0.05) is 0 Å². The molecule has 0 spiro atoms. The summed E-state index contributed by atoms with van der Waals surface area (Å²) >= 11 is 0. The minimum Gasteiger partial charge on any atom is -0.395 e. The highest BCUT2D eigenvalue weighted by Gasteiger charge is 2.22. The minimum absolute atomic E-state index is 0.188. The van der Waals surface area contributed by atoms with Gasteiger partial charge in [0.1, 0.15) is 6.29 Å². The average Bonchev–Trinajstić information content (AvgIpc) is 2.36. The zero-order chi connectivity index (χ0) is 7.40. The van der Waals surface area contributed by atoms with E-state index in [2.05, 4.69) is 0 Å². The van der Waals surface area contributed by atoms with Gasteiger partial charge in [-0.05, 0) is 19.4 Å². The number of aldehydes is 1. The lowest BCUT2D eigenvalue weighted by Gasteiger charge is -2.18. The molecule has 1 saturated heterocycles. The Bertz CT molecular complexity index is 116. The summed E-state index contributed by atoms with van der Waals surface area (Å²) in [7, 11) is 0. The fourth-order valence-electron chi connectivity index (χ4n) is 1.44. The monoisotopic (exact) mass is 143 g/mol. The Kier molecular flexibility index (Phi) is 2.83. The number of likely N-dealkylation sites (tertiary alicyclic amines) is 1. The third kappa shape index (κ3) is 1.55. The van der Waals surface area contributed by atoms with E-state index in [0.29, 0.717) is 6.54 Å². The second-order valence-corrected chi connectivity index (χ2v) is 2.64. The van der Waals surface area contributed by atoms with Crippen LogP contribution in [0.15, 0.2) is 0 Å². The quantitative estimate of drug-likeness (QED) is 0.548. The van der Waals surface area contributed by atoms with E-state index < -0.39 is 0 Å². The SMILES string of the molecule is O=CCN1CCC[C@H]1CO. The van der Waals surface area contributed by atoms with E-state index >= 15 is 0 Å². The molecule has 0 aromatic rings. The third-order valence-corrected chi connectivity index (χ3v) is 2.02.